The third-order valence-corrected chi connectivity index (χ3v) is 6.63. The van der Waals surface area contributed by atoms with Gasteiger partial charge in [0.2, 0.25) is 10.0 Å². The molecule has 0 radical (unpaired) electrons. The van der Waals surface area contributed by atoms with Crippen molar-refractivity contribution in [3.8, 4) is 0 Å². The number of nitrogens with zero attached hydrogens (tertiary/aromatic N) is 1. The molecule has 0 bridgehead atoms. The third kappa shape index (κ3) is 3.92. The van der Waals surface area contributed by atoms with Crippen LogP contribution in [0.2, 0.25) is 5.02 Å². The molecule has 0 aliphatic carbocycles. The summed E-state index contributed by atoms with van der Waals surface area (Å²) >= 11 is 5.83. The van der Waals surface area contributed by atoms with Crippen LogP contribution >= 0.6 is 11.6 Å². The molecule has 5 nitrogen and oxygen atoms in total. The summed E-state index contributed by atoms with van der Waals surface area (Å²) < 4.78 is 32.5. The first-order chi connectivity index (χ1) is 12.4. The molecule has 1 heterocycles. The van der Waals surface area contributed by atoms with E-state index in [0.29, 0.717) is 24.4 Å². The van der Waals surface area contributed by atoms with Crippen molar-refractivity contribution in [1.29, 1.82) is 0 Å². The lowest BCUT2D eigenvalue weighted by Crippen LogP contribution is -2.41. The summed E-state index contributed by atoms with van der Waals surface area (Å²) in [4.78, 5) is 12.7. The summed E-state index contributed by atoms with van der Waals surface area (Å²) in [5.41, 5.74) is 0.867. The van der Waals surface area contributed by atoms with Gasteiger partial charge in [0, 0.05) is 11.6 Å². The molecule has 1 fully saturated rings. The van der Waals surface area contributed by atoms with Gasteiger partial charge in [-0.2, -0.15) is 4.31 Å². The number of sulfonamides is 1. The zero-order chi connectivity index (χ0) is 18.7. The lowest BCUT2D eigenvalue weighted by atomic mass is 10.1. The fraction of sp³-hybridized carbons (Fsp3) is 0.316. The molecule has 138 valence electrons. The molecular weight excluding hydrogens is 374 g/mol. The predicted octanol–water partition coefficient (Wildman–Crippen LogP) is 3.80. The fourth-order valence-electron chi connectivity index (χ4n) is 3.05. The summed E-state index contributed by atoms with van der Waals surface area (Å²) in [6.07, 6.45) is 0.629. The first-order valence-corrected chi connectivity index (χ1v) is 10.2. The molecule has 0 aromatic heterocycles. The maximum absolute atomic E-state index is 12.9. The molecule has 1 aliphatic rings. The van der Waals surface area contributed by atoms with Crippen LogP contribution in [0.15, 0.2) is 59.5 Å². The van der Waals surface area contributed by atoms with Crippen molar-refractivity contribution in [2.75, 3.05) is 6.54 Å². The second-order valence-corrected chi connectivity index (χ2v) is 8.54. The van der Waals surface area contributed by atoms with Gasteiger partial charge < -0.3 is 4.74 Å². The Labute approximate surface area is 158 Å². The zero-order valence-electron chi connectivity index (χ0n) is 14.3. The highest BCUT2D eigenvalue weighted by molar-refractivity contribution is 7.89. The van der Waals surface area contributed by atoms with Gasteiger partial charge in [-0.25, -0.2) is 8.42 Å². The van der Waals surface area contributed by atoms with E-state index in [9.17, 15) is 13.2 Å². The Bertz CT molecular complexity index is 868. The predicted molar refractivity (Wildman–Crippen MR) is 99.3 cm³/mol. The number of halogens is 1. The molecular formula is C19H20ClNO4S. The number of carbonyl (C=O) groups excluding carboxylic acids is 1. The average molecular weight is 394 g/mol. The van der Waals surface area contributed by atoms with Gasteiger partial charge in [-0.05, 0) is 49.6 Å². The highest BCUT2D eigenvalue weighted by Gasteiger charge is 2.40. The monoisotopic (exact) mass is 393 g/mol. The van der Waals surface area contributed by atoms with Crippen molar-refractivity contribution in [2.24, 2.45) is 0 Å². The topological polar surface area (TPSA) is 63.7 Å². The van der Waals surface area contributed by atoms with Gasteiger partial charge in [0.1, 0.15) is 12.1 Å². The molecule has 1 saturated heterocycles. The first-order valence-electron chi connectivity index (χ1n) is 8.42. The van der Waals surface area contributed by atoms with Crippen molar-refractivity contribution < 1.29 is 17.9 Å². The second-order valence-electron chi connectivity index (χ2n) is 6.22. The summed E-state index contributed by atoms with van der Waals surface area (Å²) in [5, 5.41) is 0.456. The summed E-state index contributed by atoms with van der Waals surface area (Å²) in [6.45, 7) is 2.07. The molecule has 0 unspecified atom stereocenters. The standard InChI is InChI=1S/C19H20ClNO4S/c1-14(15-6-3-2-4-7-15)25-19(22)18-8-5-13-21(18)26(23,24)17-11-9-16(20)10-12-17/h2-4,6-7,9-12,14,18H,5,8,13H2,1H3/t14-,18-/m0/s1. The van der Waals surface area contributed by atoms with Crippen LogP contribution in [0.25, 0.3) is 0 Å². The normalized spacial score (nSPS) is 19.2. The molecule has 0 N–H and O–H groups in total. The Balaban J connectivity index is 1.77. The maximum atomic E-state index is 12.9. The quantitative estimate of drug-likeness (QED) is 0.725. The molecule has 0 saturated carbocycles. The van der Waals surface area contributed by atoms with Crippen LogP contribution in [0, 0.1) is 0 Å². The van der Waals surface area contributed by atoms with Crippen molar-refractivity contribution in [3.05, 3.63) is 65.2 Å². The van der Waals surface area contributed by atoms with E-state index in [1.165, 1.54) is 28.6 Å². The van der Waals surface area contributed by atoms with Crippen molar-refractivity contribution in [3.63, 3.8) is 0 Å². The van der Waals surface area contributed by atoms with Crippen LogP contribution in [0.1, 0.15) is 31.4 Å². The third-order valence-electron chi connectivity index (χ3n) is 4.46. The molecule has 2 atom stereocenters. The van der Waals surface area contributed by atoms with E-state index in [-0.39, 0.29) is 4.90 Å². The number of hydrogen-bond donors (Lipinski definition) is 0. The molecule has 2 aromatic carbocycles. The zero-order valence-corrected chi connectivity index (χ0v) is 15.9. The summed E-state index contributed by atoms with van der Waals surface area (Å²) in [7, 11) is -3.78. The van der Waals surface area contributed by atoms with Crippen LogP contribution in [0.4, 0.5) is 0 Å². The lowest BCUT2D eigenvalue weighted by Gasteiger charge is -2.24. The van der Waals surface area contributed by atoms with Gasteiger partial charge in [0.05, 0.1) is 4.90 Å². The molecule has 0 amide bonds. The number of carbonyl (C=O) groups is 1. The largest absolute Gasteiger partial charge is 0.457 e. The van der Waals surface area contributed by atoms with Gasteiger partial charge in [0.15, 0.2) is 0 Å². The van der Waals surface area contributed by atoms with Crippen molar-refractivity contribution >= 4 is 27.6 Å². The van der Waals surface area contributed by atoms with Gasteiger partial charge >= 0.3 is 5.97 Å². The Hall–Kier alpha value is -1.89. The lowest BCUT2D eigenvalue weighted by molar-refractivity contribution is -0.152. The average Bonchev–Trinajstić information content (AvgIpc) is 3.13. The highest BCUT2D eigenvalue weighted by atomic mass is 35.5. The van der Waals surface area contributed by atoms with E-state index in [1.807, 2.05) is 30.3 Å². The highest BCUT2D eigenvalue weighted by Crippen LogP contribution is 2.29. The van der Waals surface area contributed by atoms with E-state index in [0.717, 1.165) is 5.56 Å². The number of hydrogen-bond acceptors (Lipinski definition) is 4. The fourth-order valence-corrected chi connectivity index (χ4v) is 4.82. The number of esters is 1. The molecule has 2 aromatic rings. The molecule has 3 rings (SSSR count). The van der Waals surface area contributed by atoms with E-state index in [4.69, 9.17) is 16.3 Å². The minimum atomic E-state index is -3.78. The second kappa shape index (κ2) is 7.78. The van der Waals surface area contributed by atoms with Crippen molar-refractivity contribution in [2.45, 2.75) is 36.8 Å². The van der Waals surface area contributed by atoms with Crippen LogP contribution < -0.4 is 0 Å². The summed E-state index contributed by atoms with van der Waals surface area (Å²) in [5.74, 6) is -0.517. The molecule has 26 heavy (non-hydrogen) atoms. The molecule has 7 heteroatoms. The van der Waals surface area contributed by atoms with Crippen molar-refractivity contribution in [1.82, 2.24) is 4.31 Å². The Morgan fingerprint density at radius 2 is 1.81 bits per heavy atom. The number of ether oxygens (including phenoxy) is 1. The number of benzene rings is 2. The van der Waals surface area contributed by atoms with Gasteiger partial charge in [-0.1, -0.05) is 41.9 Å². The van der Waals surface area contributed by atoms with Crippen LogP contribution in [0.3, 0.4) is 0 Å². The Kier molecular flexibility index (Phi) is 5.65. The number of rotatable bonds is 5. The van der Waals surface area contributed by atoms with E-state index in [1.54, 1.807) is 6.92 Å². The minimum Gasteiger partial charge on any atom is -0.457 e. The SMILES string of the molecule is C[C@H](OC(=O)[C@@H]1CCCN1S(=O)(=O)c1ccc(Cl)cc1)c1ccccc1. The van der Waals surface area contributed by atoms with Gasteiger partial charge in [0.25, 0.3) is 0 Å². The van der Waals surface area contributed by atoms with E-state index in [2.05, 4.69) is 0 Å². The maximum Gasteiger partial charge on any atom is 0.325 e. The first kappa shape index (κ1) is 18.9. The Morgan fingerprint density at radius 1 is 1.15 bits per heavy atom. The van der Waals surface area contributed by atoms with Crippen LogP contribution in [0.5, 0.6) is 0 Å². The minimum absolute atomic E-state index is 0.123. The van der Waals surface area contributed by atoms with E-state index < -0.39 is 28.1 Å². The van der Waals surface area contributed by atoms with E-state index >= 15 is 0 Å². The van der Waals surface area contributed by atoms with Crippen LogP contribution in [-0.4, -0.2) is 31.3 Å². The Morgan fingerprint density at radius 3 is 2.46 bits per heavy atom. The van der Waals surface area contributed by atoms with Gasteiger partial charge in [-0.3, -0.25) is 4.79 Å². The van der Waals surface area contributed by atoms with Crippen LogP contribution in [-0.2, 0) is 19.6 Å². The smallest absolute Gasteiger partial charge is 0.325 e. The van der Waals surface area contributed by atoms with Gasteiger partial charge in [-0.15, -0.1) is 0 Å². The molecule has 0 spiro atoms. The molecule has 1 aliphatic heterocycles. The summed E-state index contributed by atoms with van der Waals surface area (Å²) in [6, 6.07) is 14.5.